The van der Waals surface area contributed by atoms with Gasteiger partial charge in [0.15, 0.2) is 0 Å². The van der Waals surface area contributed by atoms with Crippen LogP contribution in [0.25, 0.3) is 5.70 Å². The number of para-hydroxylation sites is 1. The Kier molecular flexibility index (Phi) is 7.64. The van der Waals surface area contributed by atoms with Crippen LogP contribution in [0.4, 0.5) is 10.7 Å². The Balaban J connectivity index is 1.20. The number of nitrogens with two attached hydrogens (primary N) is 2. The highest BCUT2D eigenvalue weighted by molar-refractivity contribution is 5.70. The number of fused-ring (bicyclic) bond motifs is 1. The van der Waals surface area contributed by atoms with E-state index in [1.54, 1.807) is 23.1 Å². The number of allylic oxidation sites excluding steroid dienone is 1. The predicted octanol–water partition coefficient (Wildman–Crippen LogP) is 2.52. The molecular formula is C29H40N8O3. The second-order valence-electron chi connectivity index (χ2n) is 11.6. The van der Waals surface area contributed by atoms with Crippen molar-refractivity contribution in [1.29, 1.82) is 0 Å². The molecule has 214 valence electrons. The van der Waals surface area contributed by atoms with Crippen molar-refractivity contribution < 1.29 is 14.6 Å². The number of likely N-dealkylation sites (tertiary alicyclic amines) is 1. The molecular weight excluding hydrogens is 508 g/mol. The lowest BCUT2D eigenvalue weighted by Crippen LogP contribution is -2.59. The molecule has 0 radical (unpaired) electrons. The number of aromatic nitrogens is 2. The lowest BCUT2D eigenvalue weighted by molar-refractivity contribution is 0.0204. The fraction of sp³-hybridized carbons (Fsp3) is 0.483. The molecule has 1 aromatic carbocycles. The molecule has 1 amide bonds. The van der Waals surface area contributed by atoms with Gasteiger partial charge in [0.05, 0.1) is 11.7 Å². The van der Waals surface area contributed by atoms with Crippen LogP contribution in [-0.2, 0) is 4.74 Å². The first kappa shape index (κ1) is 27.4. The molecule has 2 aromatic rings. The van der Waals surface area contributed by atoms with Crippen molar-refractivity contribution in [3.05, 3.63) is 65.4 Å². The lowest BCUT2D eigenvalue weighted by Gasteiger charge is -2.46. The van der Waals surface area contributed by atoms with Gasteiger partial charge in [-0.25, -0.2) is 14.8 Å². The summed E-state index contributed by atoms with van der Waals surface area (Å²) < 4.78 is 5.51. The molecule has 0 aliphatic carbocycles. The van der Waals surface area contributed by atoms with Crippen LogP contribution in [0.2, 0.25) is 0 Å². The number of nitrogens with one attached hydrogen (secondary N) is 1. The molecule has 1 unspecified atom stereocenters. The van der Waals surface area contributed by atoms with Gasteiger partial charge in [0.25, 0.3) is 0 Å². The standard InChI is InChI=1S/C29H40N8O3/c1-29(2,3)40-28(39)35-10-8-19(9-11-35)20-15-33-27(34-16-20)36-12-13-37-21(18-36)17-32-26(31)24(37)14-23(30)22-6-4-5-7-25(22)38/h4-7,14-16,19,21,32,38H,8-13,17-18,30-31H2,1-3H3/b23-14-. The number of carbonyl (C=O) groups is 1. The summed E-state index contributed by atoms with van der Waals surface area (Å²) in [6.07, 6.45) is 7.18. The number of phenols is 1. The summed E-state index contributed by atoms with van der Waals surface area (Å²) in [7, 11) is 0. The van der Waals surface area contributed by atoms with Gasteiger partial charge in [-0.05, 0) is 63.3 Å². The van der Waals surface area contributed by atoms with Crippen molar-refractivity contribution in [2.45, 2.75) is 51.2 Å². The maximum absolute atomic E-state index is 12.4. The van der Waals surface area contributed by atoms with E-state index in [9.17, 15) is 9.90 Å². The molecule has 2 saturated heterocycles. The maximum atomic E-state index is 12.4. The van der Waals surface area contributed by atoms with Crippen molar-refractivity contribution in [2.75, 3.05) is 44.2 Å². The highest BCUT2D eigenvalue weighted by Gasteiger charge is 2.33. The number of piperidine rings is 1. The molecule has 4 heterocycles. The molecule has 6 N–H and O–H groups in total. The number of benzene rings is 1. The van der Waals surface area contributed by atoms with Crippen molar-refractivity contribution >= 4 is 17.7 Å². The number of ether oxygens (including phenoxy) is 1. The Bertz CT molecular complexity index is 1280. The number of rotatable bonds is 4. The number of phenolic OH excluding ortho intramolecular Hbond substituents is 1. The van der Waals surface area contributed by atoms with Crippen molar-refractivity contribution in [3.8, 4) is 5.75 Å². The predicted molar refractivity (Wildman–Crippen MR) is 154 cm³/mol. The third kappa shape index (κ3) is 6.03. The number of piperazine rings is 1. The van der Waals surface area contributed by atoms with Crippen LogP contribution in [-0.4, -0.2) is 81.9 Å². The fourth-order valence-electron chi connectivity index (χ4n) is 5.53. The van der Waals surface area contributed by atoms with E-state index in [0.717, 1.165) is 43.7 Å². The number of carbonyl (C=O) groups excluding carboxylic acids is 1. The minimum absolute atomic E-state index is 0.134. The Morgan fingerprint density at radius 3 is 2.50 bits per heavy atom. The summed E-state index contributed by atoms with van der Waals surface area (Å²) in [5.74, 6) is 1.74. The van der Waals surface area contributed by atoms with Crippen LogP contribution >= 0.6 is 0 Å². The Hall–Kier alpha value is -4.15. The van der Waals surface area contributed by atoms with Gasteiger partial charge >= 0.3 is 6.09 Å². The SMILES string of the molecule is CC(C)(C)OC(=O)N1CCC(c2cnc(N3CCN4C(/C=C(\N)c5ccccc5O)=C(N)NCC4C3)nc2)CC1. The number of hydrogen-bond donors (Lipinski definition) is 4. The Morgan fingerprint density at radius 2 is 1.82 bits per heavy atom. The number of nitrogens with zero attached hydrogens (tertiary/aromatic N) is 5. The van der Waals surface area contributed by atoms with Crippen molar-refractivity contribution in [2.24, 2.45) is 11.5 Å². The van der Waals surface area contributed by atoms with E-state index in [0.29, 0.717) is 48.6 Å². The summed E-state index contributed by atoms with van der Waals surface area (Å²) in [5.41, 5.74) is 15.2. The molecule has 0 bridgehead atoms. The number of aromatic hydroxyl groups is 1. The van der Waals surface area contributed by atoms with E-state index in [-0.39, 0.29) is 17.9 Å². The molecule has 1 aromatic heterocycles. The van der Waals surface area contributed by atoms with Crippen LogP contribution in [0.5, 0.6) is 5.75 Å². The van der Waals surface area contributed by atoms with E-state index in [2.05, 4.69) is 15.1 Å². The average Bonchev–Trinajstić information content (AvgIpc) is 2.94. The highest BCUT2D eigenvalue weighted by Crippen LogP contribution is 2.30. The van der Waals surface area contributed by atoms with Gasteiger partial charge in [-0.1, -0.05) is 12.1 Å². The van der Waals surface area contributed by atoms with Gasteiger partial charge in [0.2, 0.25) is 5.95 Å². The van der Waals surface area contributed by atoms with Crippen LogP contribution in [0.1, 0.15) is 50.7 Å². The van der Waals surface area contributed by atoms with Crippen LogP contribution in [0.15, 0.2) is 54.3 Å². The van der Waals surface area contributed by atoms with E-state index in [1.807, 2.05) is 45.3 Å². The van der Waals surface area contributed by atoms with E-state index in [4.69, 9.17) is 26.2 Å². The zero-order chi connectivity index (χ0) is 28.4. The number of hydrogen-bond acceptors (Lipinski definition) is 10. The van der Waals surface area contributed by atoms with Crippen LogP contribution in [0.3, 0.4) is 0 Å². The monoisotopic (exact) mass is 548 g/mol. The Labute approximate surface area is 235 Å². The molecule has 11 heteroatoms. The first-order valence-corrected chi connectivity index (χ1v) is 13.9. The molecule has 11 nitrogen and oxygen atoms in total. The zero-order valence-electron chi connectivity index (χ0n) is 23.5. The average molecular weight is 549 g/mol. The van der Waals surface area contributed by atoms with Crippen molar-refractivity contribution in [1.82, 2.24) is 25.1 Å². The van der Waals surface area contributed by atoms with Gasteiger partial charge < -0.3 is 41.3 Å². The smallest absolute Gasteiger partial charge is 0.410 e. The third-order valence-corrected chi connectivity index (χ3v) is 7.66. The molecule has 2 fully saturated rings. The topological polar surface area (TPSA) is 146 Å². The summed E-state index contributed by atoms with van der Waals surface area (Å²) >= 11 is 0. The first-order valence-electron chi connectivity index (χ1n) is 13.9. The summed E-state index contributed by atoms with van der Waals surface area (Å²) in [4.78, 5) is 28.1. The first-order chi connectivity index (χ1) is 19.1. The molecule has 3 aliphatic heterocycles. The number of anilines is 1. The van der Waals surface area contributed by atoms with E-state index >= 15 is 0 Å². The zero-order valence-corrected chi connectivity index (χ0v) is 23.5. The van der Waals surface area contributed by atoms with Crippen LogP contribution in [0, 0.1) is 0 Å². The second-order valence-corrected chi connectivity index (χ2v) is 11.6. The quantitative estimate of drug-likeness (QED) is 0.449. The van der Waals surface area contributed by atoms with Gasteiger partial charge in [-0.2, -0.15) is 0 Å². The summed E-state index contributed by atoms with van der Waals surface area (Å²) in [6.45, 7) is 9.91. The summed E-state index contributed by atoms with van der Waals surface area (Å²) in [5, 5.41) is 13.5. The Morgan fingerprint density at radius 1 is 1.12 bits per heavy atom. The molecule has 0 saturated carbocycles. The number of amides is 1. The fourth-order valence-corrected chi connectivity index (χ4v) is 5.53. The van der Waals surface area contributed by atoms with Crippen LogP contribution < -0.4 is 21.7 Å². The highest BCUT2D eigenvalue weighted by atomic mass is 16.6. The summed E-state index contributed by atoms with van der Waals surface area (Å²) in [6, 6.07) is 7.17. The minimum Gasteiger partial charge on any atom is -0.507 e. The maximum Gasteiger partial charge on any atom is 0.410 e. The van der Waals surface area contributed by atoms with E-state index < -0.39 is 5.60 Å². The molecule has 0 spiro atoms. The van der Waals surface area contributed by atoms with Gasteiger partial charge in [-0.3, -0.25) is 0 Å². The molecule has 40 heavy (non-hydrogen) atoms. The lowest BCUT2D eigenvalue weighted by atomic mass is 9.91. The molecule has 3 aliphatic rings. The third-order valence-electron chi connectivity index (χ3n) is 7.66. The van der Waals surface area contributed by atoms with E-state index in [1.165, 1.54) is 0 Å². The van der Waals surface area contributed by atoms with Gasteiger partial charge in [0.1, 0.15) is 17.2 Å². The second kappa shape index (κ2) is 11.1. The van der Waals surface area contributed by atoms with Crippen molar-refractivity contribution in [3.63, 3.8) is 0 Å². The molecule has 5 rings (SSSR count). The normalized spacial score (nSPS) is 20.7. The largest absolute Gasteiger partial charge is 0.507 e. The molecule has 1 atom stereocenters. The van der Waals surface area contributed by atoms with Gasteiger partial charge in [0, 0.05) is 62.9 Å². The minimum atomic E-state index is -0.489. The van der Waals surface area contributed by atoms with Gasteiger partial charge in [-0.15, -0.1) is 0 Å².